The second-order valence-corrected chi connectivity index (χ2v) is 6.05. The van der Waals surface area contributed by atoms with Crippen LogP contribution in [0.2, 0.25) is 0 Å². The molecule has 1 heteroatoms. The van der Waals surface area contributed by atoms with Gasteiger partial charge >= 0.3 is 0 Å². The fourth-order valence-corrected chi connectivity index (χ4v) is 3.35. The first kappa shape index (κ1) is 15.0. The molecule has 3 unspecified atom stereocenters. The molecule has 102 valence electrons. The third kappa shape index (κ3) is 5.90. The van der Waals surface area contributed by atoms with E-state index in [0.29, 0.717) is 0 Å². The number of unbranched alkanes of at least 4 members (excludes halogenated alkanes) is 4. The summed E-state index contributed by atoms with van der Waals surface area (Å²) in [6.07, 6.45) is 12.9. The first-order valence-corrected chi connectivity index (χ1v) is 8.01. The Morgan fingerprint density at radius 3 is 2.41 bits per heavy atom. The van der Waals surface area contributed by atoms with Gasteiger partial charge in [0.15, 0.2) is 0 Å². The zero-order valence-electron chi connectivity index (χ0n) is 12.3. The standard InChI is InChI=1S/C16H33N/c1-4-6-7-8-9-10-16(17-5-2)15-12-11-14(3)13-15/h14-17H,4-13H2,1-3H3. The monoisotopic (exact) mass is 239 g/mol. The topological polar surface area (TPSA) is 12.0 Å². The van der Waals surface area contributed by atoms with E-state index in [1.165, 1.54) is 57.8 Å². The molecule has 0 amide bonds. The van der Waals surface area contributed by atoms with E-state index in [1.54, 1.807) is 0 Å². The molecule has 0 heterocycles. The largest absolute Gasteiger partial charge is 0.314 e. The molecule has 0 spiro atoms. The quantitative estimate of drug-likeness (QED) is 0.572. The summed E-state index contributed by atoms with van der Waals surface area (Å²) >= 11 is 0. The molecule has 0 aromatic carbocycles. The van der Waals surface area contributed by atoms with Crippen LogP contribution in [0, 0.1) is 11.8 Å². The Kier molecular flexibility index (Phi) is 7.92. The summed E-state index contributed by atoms with van der Waals surface area (Å²) in [5.41, 5.74) is 0. The summed E-state index contributed by atoms with van der Waals surface area (Å²) in [5.74, 6) is 1.94. The lowest BCUT2D eigenvalue weighted by Gasteiger charge is -2.24. The number of nitrogens with one attached hydrogen (secondary N) is 1. The van der Waals surface area contributed by atoms with Gasteiger partial charge in [0.2, 0.25) is 0 Å². The molecule has 0 radical (unpaired) electrons. The highest BCUT2D eigenvalue weighted by Crippen LogP contribution is 2.34. The van der Waals surface area contributed by atoms with Crippen molar-refractivity contribution in [2.75, 3.05) is 6.54 Å². The van der Waals surface area contributed by atoms with E-state index in [9.17, 15) is 0 Å². The minimum Gasteiger partial charge on any atom is -0.314 e. The van der Waals surface area contributed by atoms with Crippen LogP contribution in [0.1, 0.15) is 78.6 Å². The van der Waals surface area contributed by atoms with Crippen LogP contribution in [0.15, 0.2) is 0 Å². The van der Waals surface area contributed by atoms with Crippen molar-refractivity contribution in [2.24, 2.45) is 11.8 Å². The van der Waals surface area contributed by atoms with Crippen LogP contribution in [0.3, 0.4) is 0 Å². The highest BCUT2D eigenvalue weighted by Gasteiger charge is 2.27. The van der Waals surface area contributed by atoms with Crippen LogP contribution >= 0.6 is 0 Å². The van der Waals surface area contributed by atoms with E-state index in [-0.39, 0.29) is 0 Å². The summed E-state index contributed by atoms with van der Waals surface area (Å²) in [7, 11) is 0. The van der Waals surface area contributed by atoms with Crippen LogP contribution < -0.4 is 5.32 Å². The van der Waals surface area contributed by atoms with Crippen molar-refractivity contribution in [1.82, 2.24) is 5.32 Å². The van der Waals surface area contributed by atoms with Crippen molar-refractivity contribution in [2.45, 2.75) is 84.6 Å². The molecule has 0 aromatic heterocycles. The summed E-state index contributed by atoms with van der Waals surface area (Å²) in [6.45, 7) is 8.11. The highest BCUT2D eigenvalue weighted by molar-refractivity contribution is 4.83. The maximum Gasteiger partial charge on any atom is 0.00953 e. The fraction of sp³-hybridized carbons (Fsp3) is 1.00. The maximum atomic E-state index is 3.74. The van der Waals surface area contributed by atoms with Gasteiger partial charge in [-0.25, -0.2) is 0 Å². The van der Waals surface area contributed by atoms with Crippen molar-refractivity contribution >= 4 is 0 Å². The van der Waals surface area contributed by atoms with Gasteiger partial charge in [0.1, 0.15) is 0 Å². The molecule has 0 bridgehead atoms. The molecule has 1 fully saturated rings. The van der Waals surface area contributed by atoms with Crippen LogP contribution in [-0.2, 0) is 0 Å². The first-order valence-electron chi connectivity index (χ1n) is 8.01. The van der Waals surface area contributed by atoms with Gasteiger partial charge in [-0.05, 0) is 37.6 Å². The van der Waals surface area contributed by atoms with Gasteiger partial charge < -0.3 is 5.32 Å². The van der Waals surface area contributed by atoms with Gasteiger partial charge in [-0.2, -0.15) is 0 Å². The molecule has 1 aliphatic rings. The van der Waals surface area contributed by atoms with E-state index in [4.69, 9.17) is 0 Å². The highest BCUT2D eigenvalue weighted by atomic mass is 14.9. The fourth-order valence-electron chi connectivity index (χ4n) is 3.35. The molecule has 1 saturated carbocycles. The Hall–Kier alpha value is -0.0400. The van der Waals surface area contributed by atoms with Crippen LogP contribution in [0.5, 0.6) is 0 Å². The predicted octanol–water partition coefficient (Wildman–Crippen LogP) is 4.76. The second kappa shape index (κ2) is 8.97. The Morgan fingerprint density at radius 2 is 1.82 bits per heavy atom. The lowest BCUT2D eigenvalue weighted by atomic mass is 9.92. The molecule has 1 aliphatic carbocycles. The van der Waals surface area contributed by atoms with Crippen molar-refractivity contribution < 1.29 is 0 Å². The zero-order valence-corrected chi connectivity index (χ0v) is 12.3. The van der Waals surface area contributed by atoms with Crippen molar-refractivity contribution in [3.63, 3.8) is 0 Å². The normalized spacial score (nSPS) is 26.3. The molecule has 0 aromatic rings. The zero-order chi connectivity index (χ0) is 12.5. The van der Waals surface area contributed by atoms with Crippen molar-refractivity contribution in [3.05, 3.63) is 0 Å². The minimum absolute atomic E-state index is 0.812. The molecular weight excluding hydrogens is 206 g/mol. The van der Waals surface area contributed by atoms with Gasteiger partial charge in [-0.15, -0.1) is 0 Å². The molecule has 0 aliphatic heterocycles. The van der Waals surface area contributed by atoms with E-state index in [2.05, 4.69) is 26.1 Å². The van der Waals surface area contributed by atoms with Gasteiger partial charge in [0, 0.05) is 6.04 Å². The molecule has 1 nitrogen and oxygen atoms in total. The lowest BCUT2D eigenvalue weighted by molar-refractivity contribution is 0.328. The third-order valence-corrected chi connectivity index (χ3v) is 4.39. The first-order chi connectivity index (χ1) is 8.27. The SMILES string of the molecule is CCCCCCCC(NCC)C1CCC(C)C1. The van der Waals surface area contributed by atoms with E-state index in [0.717, 1.165) is 24.4 Å². The summed E-state index contributed by atoms with van der Waals surface area (Å²) in [5, 5.41) is 3.74. The summed E-state index contributed by atoms with van der Waals surface area (Å²) in [6, 6.07) is 0.812. The molecule has 1 rings (SSSR count). The lowest BCUT2D eigenvalue weighted by Crippen LogP contribution is -2.35. The van der Waals surface area contributed by atoms with Crippen LogP contribution in [-0.4, -0.2) is 12.6 Å². The number of hydrogen-bond acceptors (Lipinski definition) is 1. The Balaban J connectivity index is 2.18. The maximum absolute atomic E-state index is 3.74. The Bertz CT molecular complexity index is 178. The van der Waals surface area contributed by atoms with Crippen LogP contribution in [0.25, 0.3) is 0 Å². The van der Waals surface area contributed by atoms with E-state index in [1.807, 2.05) is 0 Å². The van der Waals surface area contributed by atoms with Crippen molar-refractivity contribution in [3.8, 4) is 0 Å². The Labute approximate surface area is 109 Å². The van der Waals surface area contributed by atoms with E-state index >= 15 is 0 Å². The smallest absolute Gasteiger partial charge is 0.00953 e. The minimum atomic E-state index is 0.812. The van der Waals surface area contributed by atoms with Crippen LogP contribution in [0.4, 0.5) is 0 Å². The van der Waals surface area contributed by atoms with Gasteiger partial charge in [0.25, 0.3) is 0 Å². The van der Waals surface area contributed by atoms with Gasteiger partial charge in [0.05, 0.1) is 0 Å². The summed E-state index contributed by atoms with van der Waals surface area (Å²) < 4.78 is 0. The van der Waals surface area contributed by atoms with Gasteiger partial charge in [-0.3, -0.25) is 0 Å². The molecular formula is C16H33N. The average molecular weight is 239 g/mol. The number of hydrogen-bond donors (Lipinski definition) is 1. The summed E-state index contributed by atoms with van der Waals surface area (Å²) in [4.78, 5) is 0. The average Bonchev–Trinajstić information content (AvgIpc) is 2.74. The van der Waals surface area contributed by atoms with Gasteiger partial charge in [-0.1, -0.05) is 59.3 Å². The molecule has 3 atom stereocenters. The predicted molar refractivity (Wildman–Crippen MR) is 77.3 cm³/mol. The third-order valence-electron chi connectivity index (χ3n) is 4.39. The van der Waals surface area contributed by atoms with E-state index < -0.39 is 0 Å². The number of rotatable bonds is 9. The Morgan fingerprint density at radius 1 is 1.06 bits per heavy atom. The molecule has 0 saturated heterocycles. The van der Waals surface area contributed by atoms with Crippen molar-refractivity contribution in [1.29, 1.82) is 0 Å². The second-order valence-electron chi connectivity index (χ2n) is 6.05. The molecule has 1 N–H and O–H groups in total. The molecule has 17 heavy (non-hydrogen) atoms.